The van der Waals surface area contributed by atoms with E-state index in [1.54, 1.807) is 11.3 Å². The molecule has 1 aliphatic carbocycles. The molecule has 0 aliphatic heterocycles. The molecule has 1 amide bonds. The van der Waals surface area contributed by atoms with Crippen LogP contribution in [0.5, 0.6) is 0 Å². The second kappa shape index (κ2) is 7.59. The SMILES string of the molecule is Cc1ccc(-c2nnc(SCC(=O)Nc3nc4c(s3)CCCC4)o2)cc1. The number of carbonyl (C=O) groups excluding carboxylic acids is 1. The lowest BCUT2D eigenvalue weighted by Crippen LogP contribution is -2.13. The lowest BCUT2D eigenvalue weighted by atomic mass is 10.0. The Morgan fingerprint density at radius 1 is 1.23 bits per heavy atom. The number of anilines is 1. The molecule has 1 aliphatic rings. The van der Waals surface area contributed by atoms with E-state index in [9.17, 15) is 4.79 Å². The number of aryl methyl sites for hydroxylation is 3. The molecule has 6 nitrogen and oxygen atoms in total. The quantitative estimate of drug-likeness (QED) is 0.665. The Bertz CT molecular complexity index is 894. The van der Waals surface area contributed by atoms with E-state index in [1.165, 1.54) is 35.0 Å². The zero-order valence-electron chi connectivity index (χ0n) is 14.3. The number of hydrogen-bond acceptors (Lipinski definition) is 7. The van der Waals surface area contributed by atoms with E-state index in [1.807, 2.05) is 31.2 Å². The molecule has 134 valence electrons. The lowest BCUT2D eigenvalue weighted by Gasteiger charge is -2.06. The average Bonchev–Trinajstić information content (AvgIpc) is 3.27. The second-order valence-corrected chi connectivity index (χ2v) is 8.18. The maximum Gasteiger partial charge on any atom is 0.277 e. The Kier molecular flexibility index (Phi) is 5.03. The highest BCUT2D eigenvalue weighted by Crippen LogP contribution is 2.30. The smallest absolute Gasteiger partial charge is 0.277 e. The molecule has 26 heavy (non-hydrogen) atoms. The third-order valence-corrected chi connectivity index (χ3v) is 6.02. The van der Waals surface area contributed by atoms with E-state index in [2.05, 4.69) is 20.5 Å². The van der Waals surface area contributed by atoms with Crippen molar-refractivity contribution in [3.05, 3.63) is 40.4 Å². The number of rotatable bonds is 5. The second-order valence-electron chi connectivity index (χ2n) is 6.17. The van der Waals surface area contributed by atoms with Gasteiger partial charge in [0, 0.05) is 10.4 Å². The predicted octanol–water partition coefficient (Wildman–Crippen LogP) is 4.11. The molecule has 0 radical (unpaired) electrons. The number of carbonyl (C=O) groups is 1. The van der Waals surface area contributed by atoms with Crippen LogP contribution in [0.4, 0.5) is 5.13 Å². The molecule has 0 unspecified atom stereocenters. The number of benzene rings is 1. The molecule has 0 atom stereocenters. The first kappa shape index (κ1) is 17.2. The summed E-state index contributed by atoms with van der Waals surface area (Å²) in [5, 5.41) is 12.0. The van der Waals surface area contributed by atoms with Gasteiger partial charge in [-0.3, -0.25) is 4.79 Å². The summed E-state index contributed by atoms with van der Waals surface area (Å²) in [5.74, 6) is 0.552. The molecule has 0 saturated carbocycles. The van der Waals surface area contributed by atoms with Crippen molar-refractivity contribution >= 4 is 34.1 Å². The summed E-state index contributed by atoms with van der Waals surface area (Å²) in [7, 11) is 0. The van der Waals surface area contributed by atoms with Gasteiger partial charge in [-0.2, -0.15) is 0 Å². The van der Waals surface area contributed by atoms with Gasteiger partial charge in [0.2, 0.25) is 11.8 Å². The minimum Gasteiger partial charge on any atom is -0.411 e. The first-order valence-corrected chi connectivity index (χ1v) is 10.3. The van der Waals surface area contributed by atoms with Crippen LogP contribution in [0, 0.1) is 6.92 Å². The molecule has 2 aromatic heterocycles. The molecule has 0 saturated heterocycles. The number of nitrogens with one attached hydrogen (secondary N) is 1. The van der Waals surface area contributed by atoms with E-state index in [0.29, 0.717) is 16.2 Å². The standard InChI is InChI=1S/C18H18N4O2S2/c1-11-6-8-12(9-7-11)16-21-22-18(24-16)25-10-15(23)20-17-19-13-4-2-3-5-14(13)26-17/h6-9H,2-5,10H2,1H3,(H,19,20,23). The molecular formula is C18H18N4O2S2. The van der Waals surface area contributed by atoms with Crippen molar-refractivity contribution in [3.63, 3.8) is 0 Å². The van der Waals surface area contributed by atoms with Crippen molar-refractivity contribution in [2.75, 3.05) is 11.1 Å². The zero-order chi connectivity index (χ0) is 17.9. The highest BCUT2D eigenvalue weighted by atomic mass is 32.2. The van der Waals surface area contributed by atoms with Gasteiger partial charge in [0.1, 0.15) is 0 Å². The number of aromatic nitrogens is 3. The summed E-state index contributed by atoms with van der Waals surface area (Å²) in [5.41, 5.74) is 3.18. The fourth-order valence-electron chi connectivity index (χ4n) is 2.77. The number of amides is 1. The maximum absolute atomic E-state index is 12.2. The molecule has 0 spiro atoms. The predicted molar refractivity (Wildman–Crippen MR) is 103 cm³/mol. The average molecular weight is 387 g/mol. The van der Waals surface area contributed by atoms with Crippen LogP contribution < -0.4 is 5.32 Å². The molecule has 2 heterocycles. The van der Waals surface area contributed by atoms with Crippen molar-refractivity contribution in [2.45, 2.75) is 37.8 Å². The number of thiazole rings is 1. The Morgan fingerprint density at radius 2 is 2.04 bits per heavy atom. The van der Waals surface area contributed by atoms with Crippen LogP contribution in [-0.2, 0) is 17.6 Å². The summed E-state index contributed by atoms with van der Waals surface area (Å²) >= 11 is 2.81. The van der Waals surface area contributed by atoms with E-state index >= 15 is 0 Å². The third-order valence-electron chi connectivity index (χ3n) is 4.12. The number of fused-ring (bicyclic) bond motifs is 1. The summed E-state index contributed by atoms with van der Waals surface area (Å²) in [6.45, 7) is 2.02. The summed E-state index contributed by atoms with van der Waals surface area (Å²) in [4.78, 5) is 18.0. The van der Waals surface area contributed by atoms with Crippen molar-refractivity contribution in [2.24, 2.45) is 0 Å². The molecule has 8 heteroatoms. The minimum atomic E-state index is -0.115. The van der Waals surface area contributed by atoms with Crippen LogP contribution in [0.25, 0.3) is 11.5 Å². The monoisotopic (exact) mass is 386 g/mol. The van der Waals surface area contributed by atoms with Gasteiger partial charge in [0.15, 0.2) is 5.13 Å². The van der Waals surface area contributed by atoms with Crippen LogP contribution in [0.2, 0.25) is 0 Å². The Morgan fingerprint density at radius 3 is 2.85 bits per heavy atom. The zero-order valence-corrected chi connectivity index (χ0v) is 16.0. The van der Waals surface area contributed by atoms with Crippen LogP contribution in [0.3, 0.4) is 0 Å². The Labute approximate surface area is 159 Å². The molecule has 4 rings (SSSR count). The van der Waals surface area contributed by atoms with Gasteiger partial charge in [0.05, 0.1) is 11.4 Å². The third kappa shape index (κ3) is 3.96. The van der Waals surface area contributed by atoms with E-state index in [-0.39, 0.29) is 11.7 Å². The fourth-order valence-corrected chi connectivity index (χ4v) is 4.40. The molecule has 0 fully saturated rings. The molecule has 3 aromatic rings. The van der Waals surface area contributed by atoms with Crippen LogP contribution in [0.1, 0.15) is 29.0 Å². The summed E-state index contributed by atoms with van der Waals surface area (Å²) in [6, 6.07) is 7.86. The first-order chi connectivity index (χ1) is 12.7. The van der Waals surface area contributed by atoms with Gasteiger partial charge in [-0.05, 0) is 44.7 Å². The summed E-state index contributed by atoms with van der Waals surface area (Å²) in [6.07, 6.45) is 4.47. The molecule has 1 aromatic carbocycles. The van der Waals surface area contributed by atoms with Crippen molar-refractivity contribution < 1.29 is 9.21 Å². The Balaban J connectivity index is 1.33. The van der Waals surface area contributed by atoms with Gasteiger partial charge in [-0.25, -0.2) is 4.98 Å². The maximum atomic E-state index is 12.2. The van der Waals surface area contributed by atoms with E-state index < -0.39 is 0 Å². The highest BCUT2D eigenvalue weighted by molar-refractivity contribution is 7.99. The van der Waals surface area contributed by atoms with Gasteiger partial charge >= 0.3 is 0 Å². The molecule has 0 bridgehead atoms. The van der Waals surface area contributed by atoms with Crippen molar-refractivity contribution in [1.82, 2.24) is 15.2 Å². The highest BCUT2D eigenvalue weighted by Gasteiger charge is 2.17. The number of nitrogens with zero attached hydrogens (tertiary/aromatic N) is 3. The van der Waals surface area contributed by atoms with Crippen LogP contribution in [0.15, 0.2) is 33.9 Å². The largest absolute Gasteiger partial charge is 0.411 e. The fraction of sp³-hybridized carbons (Fsp3) is 0.333. The molecule has 1 N–H and O–H groups in total. The minimum absolute atomic E-state index is 0.115. The van der Waals surface area contributed by atoms with E-state index in [0.717, 1.165) is 24.1 Å². The normalized spacial score (nSPS) is 13.4. The molecular weight excluding hydrogens is 368 g/mol. The van der Waals surface area contributed by atoms with E-state index in [4.69, 9.17) is 4.42 Å². The van der Waals surface area contributed by atoms with Gasteiger partial charge in [-0.15, -0.1) is 21.5 Å². The first-order valence-electron chi connectivity index (χ1n) is 8.49. The van der Waals surface area contributed by atoms with Gasteiger partial charge in [0.25, 0.3) is 5.22 Å². The van der Waals surface area contributed by atoms with Crippen LogP contribution in [-0.4, -0.2) is 26.8 Å². The van der Waals surface area contributed by atoms with Gasteiger partial charge < -0.3 is 9.73 Å². The summed E-state index contributed by atoms with van der Waals surface area (Å²) < 4.78 is 5.62. The topological polar surface area (TPSA) is 80.9 Å². The Hall–Kier alpha value is -2.19. The van der Waals surface area contributed by atoms with Gasteiger partial charge in [-0.1, -0.05) is 29.5 Å². The van der Waals surface area contributed by atoms with Crippen molar-refractivity contribution in [3.8, 4) is 11.5 Å². The number of thioether (sulfide) groups is 1. The van der Waals surface area contributed by atoms with Crippen LogP contribution >= 0.6 is 23.1 Å². The number of hydrogen-bond donors (Lipinski definition) is 1. The van der Waals surface area contributed by atoms with Crippen molar-refractivity contribution in [1.29, 1.82) is 0 Å². The lowest BCUT2D eigenvalue weighted by molar-refractivity contribution is -0.113.